The van der Waals surface area contributed by atoms with Gasteiger partial charge in [-0.15, -0.1) is 0 Å². The molecule has 0 saturated carbocycles. The van der Waals surface area contributed by atoms with Gasteiger partial charge in [-0.1, -0.05) is 12.1 Å². The molecule has 0 saturated heterocycles. The first kappa shape index (κ1) is 12.0. The van der Waals surface area contributed by atoms with Gasteiger partial charge < -0.3 is 19.9 Å². The Labute approximate surface area is 105 Å². The SMILES string of the molecule is COc1ccc(N)c(Oc2ccccc2OC)n1. The molecule has 1 aromatic carbocycles. The zero-order chi connectivity index (χ0) is 13.0. The average Bonchev–Trinajstić information content (AvgIpc) is 2.42. The Kier molecular flexibility index (Phi) is 3.52. The van der Waals surface area contributed by atoms with Crippen LogP contribution in [-0.2, 0) is 0 Å². The number of para-hydroxylation sites is 2. The van der Waals surface area contributed by atoms with Crippen molar-refractivity contribution in [3.05, 3.63) is 36.4 Å². The van der Waals surface area contributed by atoms with Crippen LogP contribution < -0.4 is 19.9 Å². The zero-order valence-corrected chi connectivity index (χ0v) is 10.2. The van der Waals surface area contributed by atoms with E-state index in [0.29, 0.717) is 28.9 Å². The van der Waals surface area contributed by atoms with E-state index in [-0.39, 0.29) is 0 Å². The number of benzene rings is 1. The summed E-state index contributed by atoms with van der Waals surface area (Å²) < 4.78 is 15.8. The molecule has 0 spiro atoms. The summed E-state index contributed by atoms with van der Waals surface area (Å²) in [6.07, 6.45) is 0. The predicted octanol–water partition coefficient (Wildman–Crippen LogP) is 2.47. The minimum atomic E-state index is 0.291. The van der Waals surface area contributed by atoms with Gasteiger partial charge in [-0.2, -0.15) is 4.98 Å². The van der Waals surface area contributed by atoms with Crippen molar-refractivity contribution in [1.82, 2.24) is 4.98 Å². The monoisotopic (exact) mass is 246 g/mol. The summed E-state index contributed by atoms with van der Waals surface area (Å²) in [4.78, 5) is 4.14. The third kappa shape index (κ3) is 2.45. The second-order valence-electron chi connectivity index (χ2n) is 3.50. The molecule has 1 heterocycles. The lowest BCUT2D eigenvalue weighted by atomic mass is 10.3. The number of pyridine rings is 1. The summed E-state index contributed by atoms with van der Waals surface area (Å²) in [6.45, 7) is 0. The van der Waals surface area contributed by atoms with Gasteiger partial charge in [0.2, 0.25) is 11.8 Å². The van der Waals surface area contributed by atoms with E-state index in [1.54, 1.807) is 31.4 Å². The highest BCUT2D eigenvalue weighted by Crippen LogP contribution is 2.33. The molecule has 18 heavy (non-hydrogen) atoms. The number of nitrogen functional groups attached to an aromatic ring is 1. The van der Waals surface area contributed by atoms with Crippen LogP contribution in [0.15, 0.2) is 36.4 Å². The molecule has 0 aliphatic heterocycles. The number of nitrogens with two attached hydrogens (primary N) is 1. The highest BCUT2D eigenvalue weighted by atomic mass is 16.5. The topological polar surface area (TPSA) is 66.6 Å². The van der Waals surface area contributed by atoms with Crippen LogP contribution in [0.4, 0.5) is 5.69 Å². The molecule has 94 valence electrons. The number of rotatable bonds is 4. The van der Waals surface area contributed by atoms with Crippen LogP contribution in [0.1, 0.15) is 0 Å². The maximum absolute atomic E-state index is 5.80. The van der Waals surface area contributed by atoms with Crippen molar-refractivity contribution in [1.29, 1.82) is 0 Å². The van der Waals surface area contributed by atoms with E-state index in [0.717, 1.165) is 0 Å². The van der Waals surface area contributed by atoms with Crippen molar-refractivity contribution in [2.45, 2.75) is 0 Å². The Morgan fingerprint density at radius 3 is 2.33 bits per heavy atom. The van der Waals surface area contributed by atoms with Crippen molar-refractivity contribution in [3.8, 4) is 23.3 Å². The third-order valence-electron chi connectivity index (χ3n) is 2.35. The fourth-order valence-electron chi connectivity index (χ4n) is 1.44. The van der Waals surface area contributed by atoms with E-state index < -0.39 is 0 Å². The molecule has 2 rings (SSSR count). The summed E-state index contributed by atoms with van der Waals surface area (Å²) in [5.41, 5.74) is 6.23. The van der Waals surface area contributed by atoms with Crippen LogP contribution in [0.2, 0.25) is 0 Å². The molecular formula is C13H14N2O3. The first-order chi connectivity index (χ1) is 8.74. The standard InChI is InChI=1S/C13H14N2O3/c1-16-10-5-3-4-6-11(10)18-13-9(14)7-8-12(15-13)17-2/h3-8H,14H2,1-2H3. The van der Waals surface area contributed by atoms with Crippen LogP contribution in [0.5, 0.6) is 23.3 Å². The summed E-state index contributed by atoms with van der Waals surface area (Å²) in [5, 5.41) is 0. The van der Waals surface area contributed by atoms with Crippen LogP contribution in [-0.4, -0.2) is 19.2 Å². The second kappa shape index (κ2) is 5.27. The molecule has 5 nitrogen and oxygen atoms in total. The Morgan fingerprint density at radius 2 is 1.67 bits per heavy atom. The highest BCUT2D eigenvalue weighted by Gasteiger charge is 2.09. The van der Waals surface area contributed by atoms with Gasteiger partial charge in [0.05, 0.1) is 19.9 Å². The number of hydrogen-bond acceptors (Lipinski definition) is 5. The average molecular weight is 246 g/mol. The quantitative estimate of drug-likeness (QED) is 0.897. The molecule has 0 radical (unpaired) electrons. The van der Waals surface area contributed by atoms with Crippen LogP contribution in [0.25, 0.3) is 0 Å². The van der Waals surface area contributed by atoms with E-state index in [1.165, 1.54) is 7.11 Å². The summed E-state index contributed by atoms with van der Waals surface area (Å²) in [5.74, 6) is 1.89. The van der Waals surface area contributed by atoms with Crippen LogP contribution >= 0.6 is 0 Å². The largest absolute Gasteiger partial charge is 0.493 e. The summed E-state index contributed by atoms with van der Waals surface area (Å²) >= 11 is 0. The number of aromatic nitrogens is 1. The van der Waals surface area contributed by atoms with E-state index in [1.807, 2.05) is 12.1 Å². The number of anilines is 1. The number of hydrogen-bond donors (Lipinski definition) is 1. The van der Waals surface area contributed by atoms with Gasteiger partial charge in [0, 0.05) is 6.07 Å². The lowest BCUT2D eigenvalue weighted by molar-refractivity contribution is 0.363. The molecule has 0 aliphatic rings. The molecule has 5 heteroatoms. The Morgan fingerprint density at radius 1 is 0.944 bits per heavy atom. The van der Waals surface area contributed by atoms with Gasteiger partial charge in [0.25, 0.3) is 0 Å². The number of ether oxygens (including phenoxy) is 3. The number of methoxy groups -OCH3 is 2. The fourth-order valence-corrected chi connectivity index (χ4v) is 1.44. The first-order valence-electron chi connectivity index (χ1n) is 5.36. The molecule has 0 fully saturated rings. The number of nitrogens with zero attached hydrogens (tertiary/aromatic N) is 1. The molecule has 1 aromatic heterocycles. The molecule has 2 N–H and O–H groups in total. The second-order valence-corrected chi connectivity index (χ2v) is 3.50. The molecule has 0 atom stereocenters. The maximum Gasteiger partial charge on any atom is 0.246 e. The fraction of sp³-hybridized carbons (Fsp3) is 0.154. The first-order valence-corrected chi connectivity index (χ1v) is 5.36. The van der Waals surface area contributed by atoms with Crippen LogP contribution in [0, 0.1) is 0 Å². The van der Waals surface area contributed by atoms with E-state index in [2.05, 4.69) is 4.98 Å². The molecular weight excluding hydrogens is 232 g/mol. The van der Waals surface area contributed by atoms with Crippen LogP contribution in [0.3, 0.4) is 0 Å². The Hall–Kier alpha value is -2.43. The lowest BCUT2D eigenvalue weighted by Gasteiger charge is -2.11. The van der Waals surface area contributed by atoms with Crippen molar-refractivity contribution < 1.29 is 14.2 Å². The normalized spacial score (nSPS) is 9.89. The van der Waals surface area contributed by atoms with Gasteiger partial charge in [-0.05, 0) is 18.2 Å². The van der Waals surface area contributed by atoms with E-state index >= 15 is 0 Å². The lowest BCUT2D eigenvalue weighted by Crippen LogP contribution is -1.98. The van der Waals surface area contributed by atoms with Gasteiger partial charge in [0.15, 0.2) is 11.5 Å². The summed E-state index contributed by atoms with van der Waals surface area (Å²) in [6, 6.07) is 10.6. The van der Waals surface area contributed by atoms with Crippen molar-refractivity contribution in [3.63, 3.8) is 0 Å². The smallest absolute Gasteiger partial charge is 0.246 e. The molecule has 0 amide bonds. The van der Waals surface area contributed by atoms with Crippen molar-refractivity contribution in [2.75, 3.05) is 20.0 Å². The van der Waals surface area contributed by atoms with Crippen molar-refractivity contribution >= 4 is 5.69 Å². The molecule has 0 bridgehead atoms. The minimum Gasteiger partial charge on any atom is -0.493 e. The summed E-state index contributed by atoms with van der Waals surface area (Å²) in [7, 11) is 3.11. The van der Waals surface area contributed by atoms with Gasteiger partial charge in [-0.3, -0.25) is 0 Å². The van der Waals surface area contributed by atoms with Gasteiger partial charge in [-0.25, -0.2) is 0 Å². The van der Waals surface area contributed by atoms with E-state index in [4.69, 9.17) is 19.9 Å². The molecule has 0 unspecified atom stereocenters. The van der Waals surface area contributed by atoms with Gasteiger partial charge in [0.1, 0.15) is 0 Å². The van der Waals surface area contributed by atoms with E-state index in [9.17, 15) is 0 Å². The molecule has 2 aromatic rings. The molecule has 0 aliphatic carbocycles. The third-order valence-corrected chi connectivity index (χ3v) is 2.35. The zero-order valence-electron chi connectivity index (χ0n) is 10.2. The minimum absolute atomic E-state index is 0.291. The highest BCUT2D eigenvalue weighted by molar-refractivity contribution is 5.52. The Bertz CT molecular complexity index is 544. The Balaban J connectivity index is 2.33. The predicted molar refractivity (Wildman–Crippen MR) is 68.3 cm³/mol. The maximum atomic E-state index is 5.80. The van der Waals surface area contributed by atoms with Crippen molar-refractivity contribution in [2.24, 2.45) is 0 Å². The van der Waals surface area contributed by atoms with Gasteiger partial charge >= 0.3 is 0 Å².